The molecule has 1 heterocycles. The van der Waals surface area contributed by atoms with Crippen molar-refractivity contribution in [1.29, 1.82) is 0 Å². The van der Waals surface area contributed by atoms with Crippen molar-refractivity contribution in [3.8, 4) is 11.3 Å². The standard InChI is InChI=1S/C26H21Cl2N3O6S/c1-29-26(32)24-19-11-18(15-3-4-15)21(12-23(19)37-25(24)16-5-7-17(27)8-6-16)30-38(35,36)13-14-2-9-22(31(33)34)20(28)10-14/h2,5-12,15,30H,3-4,13H2,1H3,(H,29,32). The van der Waals surface area contributed by atoms with Crippen LogP contribution in [-0.2, 0) is 15.8 Å². The lowest BCUT2D eigenvalue weighted by Gasteiger charge is -2.13. The zero-order valence-electron chi connectivity index (χ0n) is 20.0. The molecule has 1 saturated carbocycles. The summed E-state index contributed by atoms with van der Waals surface area (Å²) in [5, 5.41) is 14.6. The van der Waals surface area contributed by atoms with Gasteiger partial charge in [-0.25, -0.2) is 8.42 Å². The molecule has 0 saturated heterocycles. The summed E-state index contributed by atoms with van der Waals surface area (Å²) < 4.78 is 35.0. The first-order valence-electron chi connectivity index (χ1n) is 11.6. The number of halogens is 2. The molecule has 38 heavy (non-hydrogen) atoms. The second-order valence-electron chi connectivity index (χ2n) is 9.01. The van der Waals surface area contributed by atoms with Crippen LogP contribution >= 0.6 is 23.2 Å². The van der Waals surface area contributed by atoms with E-state index in [1.165, 1.54) is 25.2 Å². The number of hydrogen-bond donors (Lipinski definition) is 2. The molecule has 0 atom stereocenters. The number of carbonyl (C=O) groups is 1. The Balaban J connectivity index is 1.56. The third-order valence-corrected chi connectivity index (χ3v) is 8.07. The summed E-state index contributed by atoms with van der Waals surface area (Å²) in [6, 6.07) is 14.1. The number of hydrogen-bond acceptors (Lipinski definition) is 6. The van der Waals surface area contributed by atoms with Crippen molar-refractivity contribution in [3.63, 3.8) is 0 Å². The lowest BCUT2D eigenvalue weighted by Crippen LogP contribution is -2.18. The molecule has 1 aliphatic carbocycles. The van der Waals surface area contributed by atoms with Gasteiger partial charge in [0, 0.05) is 35.2 Å². The molecular weight excluding hydrogens is 553 g/mol. The summed E-state index contributed by atoms with van der Waals surface area (Å²) in [6.45, 7) is 0. The number of amides is 1. The van der Waals surface area contributed by atoms with E-state index in [1.807, 2.05) is 0 Å². The first-order chi connectivity index (χ1) is 18.1. The molecule has 0 spiro atoms. The van der Waals surface area contributed by atoms with E-state index in [0.717, 1.165) is 18.4 Å². The highest BCUT2D eigenvalue weighted by Gasteiger charge is 2.31. The van der Waals surface area contributed by atoms with Crippen LogP contribution in [0.1, 0.15) is 40.2 Å². The number of furan rings is 1. The van der Waals surface area contributed by atoms with Gasteiger partial charge < -0.3 is 9.73 Å². The number of carbonyl (C=O) groups excluding carboxylic acids is 1. The molecule has 0 unspecified atom stereocenters. The van der Waals surface area contributed by atoms with E-state index < -0.39 is 20.7 Å². The smallest absolute Gasteiger partial charge is 0.287 e. The average molecular weight is 574 g/mol. The van der Waals surface area contributed by atoms with Crippen molar-refractivity contribution in [2.45, 2.75) is 24.5 Å². The van der Waals surface area contributed by atoms with Crippen molar-refractivity contribution in [3.05, 3.63) is 91.4 Å². The van der Waals surface area contributed by atoms with Crippen LogP contribution in [0.2, 0.25) is 10.0 Å². The molecule has 9 nitrogen and oxygen atoms in total. The number of anilines is 1. The summed E-state index contributed by atoms with van der Waals surface area (Å²) in [5.41, 5.74) is 2.45. The van der Waals surface area contributed by atoms with E-state index >= 15 is 0 Å². The van der Waals surface area contributed by atoms with Crippen LogP contribution < -0.4 is 10.0 Å². The van der Waals surface area contributed by atoms with Gasteiger partial charge in [-0.2, -0.15) is 0 Å². The fraction of sp³-hybridized carbons (Fsp3) is 0.192. The Hall–Kier alpha value is -3.60. The van der Waals surface area contributed by atoms with Crippen LogP contribution in [0.3, 0.4) is 0 Å². The molecule has 0 radical (unpaired) electrons. The summed E-state index contributed by atoms with van der Waals surface area (Å²) in [5.74, 6) is -0.292. The van der Waals surface area contributed by atoms with E-state index in [-0.39, 0.29) is 22.5 Å². The van der Waals surface area contributed by atoms with Gasteiger partial charge in [0.05, 0.1) is 21.9 Å². The largest absolute Gasteiger partial charge is 0.455 e. The van der Waals surface area contributed by atoms with Crippen LogP contribution in [0, 0.1) is 10.1 Å². The summed E-state index contributed by atoms with van der Waals surface area (Å²) in [6.07, 6.45) is 1.77. The van der Waals surface area contributed by atoms with E-state index in [0.29, 0.717) is 44.1 Å². The van der Waals surface area contributed by atoms with Gasteiger partial charge in [0.15, 0.2) is 0 Å². The topological polar surface area (TPSA) is 132 Å². The molecular formula is C26H21Cl2N3O6S. The summed E-state index contributed by atoms with van der Waals surface area (Å²) in [4.78, 5) is 23.3. The predicted octanol–water partition coefficient (Wildman–Crippen LogP) is 6.49. The molecule has 12 heteroatoms. The first-order valence-corrected chi connectivity index (χ1v) is 14.0. The van der Waals surface area contributed by atoms with E-state index in [4.69, 9.17) is 27.6 Å². The van der Waals surface area contributed by atoms with Gasteiger partial charge in [0.25, 0.3) is 11.6 Å². The van der Waals surface area contributed by atoms with Crippen molar-refractivity contribution >= 4 is 61.5 Å². The van der Waals surface area contributed by atoms with Gasteiger partial charge in [-0.1, -0.05) is 29.3 Å². The van der Waals surface area contributed by atoms with Gasteiger partial charge >= 0.3 is 0 Å². The maximum atomic E-state index is 13.1. The van der Waals surface area contributed by atoms with Gasteiger partial charge in [-0.05, 0) is 66.3 Å². The third-order valence-electron chi connectivity index (χ3n) is 6.27. The van der Waals surface area contributed by atoms with Crippen LogP contribution in [0.15, 0.2) is 59.0 Å². The van der Waals surface area contributed by atoms with Gasteiger partial charge in [-0.15, -0.1) is 0 Å². The Kier molecular flexibility index (Phi) is 6.81. The van der Waals surface area contributed by atoms with Crippen LogP contribution in [-0.4, -0.2) is 26.3 Å². The molecule has 196 valence electrons. The van der Waals surface area contributed by atoms with Crippen molar-refractivity contribution in [1.82, 2.24) is 5.32 Å². The lowest BCUT2D eigenvalue weighted by atomic mass is 10.0. The highest BCUT2D eigenvalue weighted by Crippen LogP contribution is 2.47. The quantitative estimate of drug-likeness (QED) is 0.183. The van der Waals surface area contributed by atoms with Crippen LogP contribution in [0.25, 0.3) is 22.3 Å². The van der Waals surface area contributed by atoms with Crippen molar-refractivity contribution < 1.29 is 22.6 Å². The van der Waals surface area contributed by atoms with Crippen LogP contribution in [0.5, 0.6) is 0 Å². The molecule has 3 aromatic carbocycles. The number of nitrogens with one attached hydrogen (secondary N) is 2. The minimum Gasteiger partial charge on any atom is -0.455 e. The second-order valence-corrected chi connectivity index (χ2v) is 11.6. The molecule has 0 bridgehead atoms. The molecule has 5 rings (SSSR count). The number of fused-ring (bicyclic) bond motifs is 1. The Morgan fingerprint density at radius 3 is 2.42 bits per heavy atom. The van der Waals surface area contributed by atoms with Crippen molar-refractivity contribution in [2.24, 2.45) is 0 Å². The molecule has 0 aliphatic heterocycles. The maximum absolute atomic E-state index is 13.1. The maximum Gasteiger partial charge on any atom is 0.287 e. The minimum atomic E-state index is -3.93. The number of benzene rings is 3. The number of nitro groups is 1. The molecule has 1 fully saturated rings. The average Bonchev–Trinajstić information content (AvgIpc) is 3.63. The SMILES string of the molecule is CNC(=O)c1c(-c2ccc(Cl)cc2)oc2cc(NS(=O)(=O)Cc3ccc([N+](=O)[O-])c(Cl)c3)c(C3CC3)cc12. The summed E-state index contributed by atoms with van der Waals surface area (Å²) in [7, 11) is -2.40. The van der Waals surface area contributed by atoms with E-state index in [9.17, 15) is 23.3 Å². The highest BCUT2D eigenvalue weighted by molar-refractivity contribution is 7.91. The van der Waals surface area contributed by atoms with Gasteiger partial charge in [-0.3, -0.25) is 19.6 Å². The molecule has 1 aliphatic rings. The molecule has 1 aromatic heterocycles. The fourth-order valence-electron chi connectivity index (χ4n) is 4.35. The minimum absolute atomic E-state index is 0.136. The number of nitrogens with zero attached hydrogens (tertiary/aromatic N) is 1. The Bertz CT molecular complexity index is 1700. The normalized spacial score (nSPS) is 13.4. The zero-order chi connectivity index (χ0) is 27.2. The molecule has 1 amide bonds. The number of sulfonamides is 1. The third kappa shape index (κ3) is 5.20. The van der Waals surface area contributed by atoms with Gasteiger partial charge in [0.1, 0.15) is 16.4 Å². The Morgan fingerprint density at radius 1 is 1.11 bits per heavy atom. The summed E-state index contributed by atoms with van der Waals surface area (Å²) >= 11 is 12.0. The fourth-order valence-corrected chi connectivity index (χ4v) is 5.95. The van der Waals surface area contributed by atoms with Gasteiger partial charge in [0.2, 0.25) is 10.0 Å². The first kappa shape index (κ1) is 26.0. The zero-order valence-corrected chi connectivity index (χ0v) is 22.3. The molecule has 4 aromatic rings. The van der Waals surface area contributed by atoms with E-state index in [1.54, 1.807) is 36.4 Å². The van der Waals surface area contributed by atoms with Crippen LogP contribution in [0.4, 0.5) is 11.4 Å². The highest BCUT2D eigenvalue weighted by atomic mass is 35.5. The monoisotopic (exact) mass is 573 g/mol. The second kappa shape index (κ2) is 9.94. The number of nitro benzene ring substituents is 1. The number of rotatable bonds is 8. The van der Waals surface area contributed by atoms with E-state index in [2.05, 4.69) is 10.0 Å². The lowest BCUT2D eigenvalue weighted by molar-refractivity contribution is -0.384. The predicted molar refractivity (Wildman–Crippen MR) is 146 cm³/mol. The van der Waals surface area contributed by atoms with Crippen molar-refractivity contribution in [2.75, 3.05) is 11.8 Å². The Labute approximate surface area is 227 Å². The Morgan fingerprint density at radius 2 is 1.82 bits per heavy atom. The molecule has 2 N–H and O–H groups in total.